The van der Waals surface area contributed by atoms with Gasteiger partial charge in [0.05, 0.1) is 8.07 Å². The number of phenols is 1. The molecule has 0 radical (unpaired) electrons. The first-order chi connectivity index (χ1) is 10.9. The number of halogens is 2. The molecule has 23 heavy (non-hydrogen) atoms. The standard InChI is InChI=1S/C17H27NOSi.2ClH.Zr/c1-20(2,3)16-11-7-10-15(17(16)19)13-18-12-14-8-5-4-6-9-14;;;/h7,10-11,13-14,19H,4-6,8-9,12H2,1-3H3;2*1H;/q;;;+2/p-2. The van der Waals surface area contributed by atoms with Crippen molar-refractivity contribution in [3.8, 4) is 5.75 Å². The van der Waals surface area contributed by atoms with Crippen LogP contribution in [0.5, 0.6) is 5.75 Å². The molecule has 0 amide bonds. The number of aliphatic imine (C=N–C) groups is 1. The van der Waals surface area contributed by atoms with Crippen LogP contribution in [0.4, 0.5) is 0 Å². The average molecular weight is 452 g/mol. The van der Waals surface area contributed by atoms with Gasteiger partial charge in [0, 0.05) is 18.3 Å². The molecule has 1 aromatic rings. The minimum atomic E-state index is -1.49. The van der Waals surface area contributed by atoms with Crippen molar-refractivity contribution in [2.24, 2.45) is 10.9 Å². The van der Waals surface area contributed by atoms with E-state index in [1.807, 2.05) is 18.3 Å². The summed E-state index contributed by atoms with van der Waals surface area (Å²) in [5.74, 6) is 1.20. The Morgan fingerprint density at radius 1 is 1.22 bits per heavy atom. The Kier molecular flexibility index (Phi) is 10.3. The van der Waals surface area contributed by atoms with Gasteiger partial charge in [-0.15, -0.1) is 0 Å². The molecule has 1 aliphatic rings. The first-order valence-corrected chi connectivity index (χ1v) is 18.0. The van der Waals surface area contributed by atoms with Crippen molar-refractivity contribution in [3.63, 3.8) is 0 Å². The van der Waals surface area contributed by atoms with E-state index in [0.29, 0.717) is 5.75 Å². The van der Waals surface area contributed by atoms with Crippen LogP contribution in [0, 0.1) is 5.92 Å². The molecule has 2 rings (SSSR count). The molecule has 2 nitrogen and oxygen atoms in total. The molecular weight excluding hydrogens is 424 g/mol. The summed E-state index contributed by atoms with van der Waals surface area (Å²) in [4.78, 5) is 4.58. The number of rotatable bonds is 4. The molecule has 0 bridgehead atoms. The second-order valence-electron chi connectivity index (χ2n) is 7.06. The molecule has 0 atom stereocenters. The fourth-order valence-electron chi connectivity index (χ4n) is 2.94. The van der Waals surface area contributed by atoms with Gasteiger partial charge in [-0.2, -0.15) is 0 Å². The first-order valence-electron chi connectivity index (χ1n) is 8.18. The van der Waals surface area contributed by atoms with Crippen molar-refractivity contribution < 1.29 is 26.0 Å². The third-order valence-corrected chi connectivity index (χ3v) is 6.21. The Labute approximate surface area is 160 Å². The van der Waals surface area contributed by atoms with Crippen LogP contribution in [0.25, 0.3) is 0 Å². The van der Waals surface area contributed by atoms with E-state index in [4.69, 9.17) is 17.0 Å². The Hall–Kier alpha value is 0.370. The Balaban J connectivity index is 0.000000816. The van der Waals surface area contributed by atoms with Gasteiger partial charge in [0.2, 0.25) is 0 Å². The van der Waals surface area contributed by atoms with Crippen LogP contribution in [0.15, 0.2) is 23.2 Å². The first kappa shape index (κ1) is 21.4. The summed E-state index contributed by atoms with van der Waals surface area (Å²) in [6.45, 7) is 7.68. The Morgan fingerprint density at radius 3 is 2.39 bits per heavy atom. The van der Waals surface area contributed by atoms with Crippen LogP contribution in [0.2, 0.25) is 19.6 Å². The number of benzene rings is 1. The van der Waals surface area contributed by atoms with E-state index in [2.05, 4.69) is 30.7 Å². The molecule has 1 N–H and O–H groups in total. The van der Waals surface area contributed by atoms with Crippen molar-refractivity contribution in [2.75, 3.05) is 6.54 Å². The number of nitrogens with zero attached hydrogens (tertiary/aromatic N) is 1. The van der Waals surface area contributed by atoms with Crippen molar-refractivity contribution in [1.82, 2.24) is 0 Å². The SMILES string of the molecule is C[Si](C)(C)c1cccc(C=NCC2CCCCC2)c1O.[Cl][Zr][Cl]. The van der Waals surface area contributed by atoms with E-state index < -0.39 is 28.9 Å². The van der Waals surface area contributed by atoms with Crippen LogP contribution < -0.4 is 5.19 Å². The van der Waals surface area contributed by atoms with Crippen LogP contribution in [0.3, 0.4) is 0 Å². The zero-order valence-corrected chi connectivity index (χ0v) is 19.2. The predicted octanol–water partition coefficient (Wildman–Crippen LogP) is 5.31. The van der Waals surface area contributed by atoms with E-state index in [1.54, 1.807) is 0 Å². The molecular formula is C17H27Cl2NOSiZr. The van der Waals surface area contributed by atoms with Gasteiger partial charge in [-0.3, -0.25) is 4.99 Å². The third kappa shape index (κ3) is 7.86. The normalized spacial score (nSPS) is 16.0. The maximum absolute atomic E-state index is 10.4. The van der Waals surface area contributed by atoms with Gasteiger partial charge in [0.25, 0.3) is 0 Å². The van der Waals surface area contributed by atoms with E-state index in [-0.39, 0.29) is 0 Å². The molecule has 0 spiro atoms. The Bertz CT molecular complexity index is 500. The molecule has 0 aliphatic heterocycles. The molecule has 0 heterocycles. The molecule has 1 saturated carbocycles. The second kappa shape index (κ2) is 11.1. The van der Waals surface area contributed by atoms with Gasteiger partial charge in [0.15, 0.2) is 0 Å². The van der Waals surface area contributed by atoms with E-state index in [9.17, 15) is 5.11 Å². The summed E-state index contributed by atoms with van der Waals surface area (Å²) in [5.41, 5.74) is 0.876. The minimum absolute atomic E-state index is 0.444. The summed E-state index contributed by atoms with van der Waals surface area (Å²) >= 11 is -0.826. The second-order valence-corrected chi connectivity index (χ2v) is 15.8. The average Bonchev–Trinajstić information content (AvgIpc) is 2.50. The molecule has 0 unspecified atom stereocenters. The topological polar surface area (TPSA) is 32.6 Å². The van der Waals surface area contributed by atoms with Crippen molar-refractivity contribution in [3.05, 3.63) is 23.8 Å². The monoisotopic (exact) mass is 449 g/mol. The fourth-order valence-corrected chi connectivity index (χ4v) is 4.39. The van der Waals surface area contributed by atoms with Crippen molar-refractivity contribution >= 4 is 36.5 Å². The molecule has 6 heteroatoms. The van der Waals surface area contributed by atoms with Gasteiger partial charge in [-0.1, -0.05) is 51.0 Å². The van der Waals surface area contributed by atoms with Gasteiger partial charge in [0.1, 0.15) is 5.75 Å². The summed E-state index contributed by atoms with van der Waals surface area (Å²) in [6.07, 6.45) is 8.61. The maximum atomic E-state index is 10.4. The van der Waals surface area contributed by atoms with Crippen LogP contribution in [-0.2, 0) is 20.8 Å². The number of hydrogen-bond acceptors (Lipinski definition) is 2. The van der Waals surface area contributed by atoms with Crippen LogP contribution in [0.1, 0.15) is 37.7 Å². The zero-order valence-electron chi connectivity index (χ0n) is 14.3. The van der Waals surface area contributed by atoms with E-state index in [1.165, 1.54) is 32.1 Å². The van der Waals surface area contributed by atoms with Crippen molar-refractivity contribution in [2.45, 2.75) is 51.7 Å². The molecule has 1 aliphatic carbocycles. The number of hydrogen-bond donors (Lipinski definition) is 1. The summed E-state index contributed by atoms with van der Waals surface area (Å²) in [6, 6.07) is 6.05. The summed E-state index contributed by atoms with van der Waals surface area (Å²) < 4.78 is 0. The van der Waals surface area contributed by atoms with Gasteiger partial charge >= 0.3 is 37.9 Å². The van der Waals surface area contributed by atoms with Crippen molar-refractivity contribution in [1.29, 1.82) is 0 Å². The molecule has 0 saturated heterocycles. The molecule has 1 fully saturated rings. The van der Waals surface area contributed by atoms with E-state index >= 15 is 0 Å². The number of aromatic hydroxyl groups is 1. The molecule has 1 aromatic carbocycles. The summed E-state index contributed by atoms with van der Waals surface area (Å²) in [5, 5.41) is 11.5. The Morgan fingerprint density at radius 2 is 1.83 bits per heavy atom. The van der Waals surface area contributed by atoms with Gasteiger partial charge in [-0.05, 0) is 30.0 Å². The van der Waals surface area contributed by atoms with E-state index in [0.717, 1.165) is 23.2 Å². The predicted molar refractivity (Wildman–Crippen MR) is 102 cm³/mol. The fraction of sp³-hybridized carbons (Fsp3) is 0.588. The third-order valence-electron chi connectivity index (χ3n) is 4.19. The quantitative estimate of drug-likeness (QED) is 0.488. The number of para-hydroxylation sites is 1. The van der Waals surface area contributed by atoms with Crippen LogP contribution >= 0.6 is 17.0 Å². The molecule has 128 valence electrons. The zero-order chi connectivity index (χ0) is 17.3. The summed E-state index contributed by atoms with van der Waals surface area (Å²) in [7, 11) is 8.38. The van der Waals surface area contributed by atoms with Crippen LogP contribution in [-0.4, -0.2) is 25.9 Å². The van der Waals surface area contributed by atoms with Gasteiger partial charge < -0.3 is 5.11 Å². The van der Waals surface area contributed by atoms with Gasteiger partial charge in [-0.25, -0.2) is 0 Å². The number of phenolic OH excluding ortho intramolecular Hbond substituents is 1. The molecule has 0 aromatic heterocycles.